The molecular formula is C22H23F3N4O3S. The standard InChI is InChI=1S/C22H23F3N4O3S/c1-15-4-2-3-5-18(15)29-19-14-16(22(23,24)25)6-7-17(19)20(27-21(29)30)26-8-13-33(31)28-9-11-32-12-10-28/h2-7,14H,8-13H2,1H3,(H,26,27,30). The average molecular weight is 481 g/mol. The highest BCUT2D eigenvalue weighted by Crippen LogP contribution is 2.33. The molecule has 1 atom stereocenters. The van der Waals surface area contributed by atoms with Crippen LogP contribution in [0.15, 0.2) is 47.3 Å². The van der Waals surface area contributed by atoms with Gasteiger partial charge in [0.15, 0.2) is 0 Å². The zero-order valence-corrected chi connectivity index (χ0v) is 18.7. The van der Waals surface area contributed by atoms with E-state index in [-0.39, 0.29) is 23.6 Å². The van der Waals surface area contributed by atoms with E-state index in [9.17, 15) is 22.5 Å². The van der Waals surface area contributed by atoms with Crippen molar-refractivity contribution in [1.82, 2.24) is 13.9 Å². The molecular weight excluding hydrogens is 457 g/mol. The van der Waals surface area contributed by atoms with Crippen molar-refractivity contribution < 1.29 is 22.5 Å². The van der Waals surface area contributed by atoms with Gasteiger partial charge < -0.3 is 14.6 Å². The normalized spacial score (nSPS) is 16.2. The summed E-state index contributed by atoms with van der Waals surface area (Å²) in [5.41, 5.74) is -0.285. The molecule has 3 aromatic rings. The molecule has 33 heavy (non-hydrogen) atoms. The van der Waals surface area contributed by atoms with Gasteiger partial charge in [-0.1, -0.05) is 18.2 Å². The van der Waals surface area contributed by atoms with Gasteiger partial charge in [-0.3, -0.25) is 4.57 Å². The number of aromatic nitrogens is 2. The Morgan fingerprint density at radius 3 is 2.61 bits per heavy atom. The van der Waals surface area contributed by atoms with E-state index in [0.717, 1.165) is 17.7 Å². The number of aryl methyl sites for hydroxylation is 1. The summed E-state index contributed by atoms with van der Waals surface area (Å²) in [5.74, 6) is 0.428. The molecule has 0 amide bonds. The number of alkyl halides is 3. The van der Waals surface area contributed by atoms with Crippen molar-refractivity contribution in [1.29, 1.82) is 0 Å². The molecule has 1 aliphatic rings. The monoisotopic (exact) mass is 480 g/mol. The van der Waals surface area contributed by atoms with Gasteiger partial charge in [-0.15, -0.1) is 4.31 Å². The third-order valence-corrected chi connectivity index (χ3v) is 6.90. The van der Waals surface area contributed by atoms with E-state index in [1.165, 1.54) is 10.6 Å². The number of anilines is 1. The fourth-order valence-electron chi connectivity index (χ4n) is 3.72. The summed E-state index contributed by atoms with van der Waals surface area (Å²) in [6.07, 6.45) is -4.56. The van der Waals surface area contributed by atoms with Crippen LogP contribution in [-0.2, 0) is 22.3 Å². The topological polar surface area (TPSA) is 82.5 Å². The summed E-state index contributed by atoms with van der Waals surface area (Å²) in [6.45, 7) is 4.18. The van der Waals surface area contributed by atoms with Crippen molar-refractivity contribution in [3.63, 3.8) is 0 Å². The van der Waals surface area contributed by atoms with Crippen LogP contribution >= 0.6 is 0 Å². The SMILES string of the molecule is Cc1ccccc1-n1c(=O)nc(NCC[S+]([O-])N2CCOCC2)c2ccc(C(F)(F)F)cc21. The number of fused-ring (bicyclic) bond motifs is 1. The molecule has 0 spiro atoms. The fourth-order valence-corrected chi connectivity index (χ4v) is 4.81. The molecule has 0 saturated carbocycles. The van der Waals surface area contributed by atoms with Crippen molar-refractivity contribution >= 4 is 28.1 Å². The molecule has 1 unspecified atom stereocenters. The molecule has 1 aromatic heterocycles. The van der Waals surface area contributed by atoms with Crippen LogP contribution in [0.2, 0.25) is 0 Å². The van der Waals surface area contributed by atoms with Crippen LogP contribution in [0.25, 0.3) is 16.6 Å². The Morgan fingerprint density at radius 2 is 1.91 bits per heavy atom. The lowest BCUT2D eigenvalue weighted by molar-refractivity contribution is -0.137. The molecule has 1 saturated heterocycles. The molecule has 7 nitrogen and oxygen atoms in total. The second kappa shape index (κ2) is 9.72. The zero-order valence-electron chi connectivity index (χ0n) is 17.9. The smallest absolute Gasteiger partial charge is 0.416 e. The summed E-state index contributed by atoms with van der Waals surface area (Å²) >= 11 is -1.24. The van der Waals surface area contributed by atoms with Gasteiger partial charge in [0.1, 0.15) is 11.6 Å². The molecule has 2 aromatic carbocycles. The molecule has 0 bridgehead atoms. The lowest BCUT2D eigenvalue weighted by Gasteiger charge is -2.27. The van der Waals surface area contributed by atoms with Crippen LogP contribution in [0, 0.1) is 6.92 Å². The highest BCUT2D eigenvalue weighted by Gasteiger charge is 2.31. The summed E-state index contributed by atoms with van der Waals surface area (Å²) in [6, 6.07) is 10.2. The van der Waals surface area contributed by atoms with Crippen LogP contribution in [0.3, 0.4) is 0 Å². The lowest BCUT2D eigenvalue weighted by atomic mass is 10.1. The maximum Gasteiger partial charge on any atom is 0.416 e. The van der Waals surface area contributed by atoms with Gasteiger partial charge in [-0.05, 0) is 36.8 Å². The first-order valence-electron chi connectivity index (χ1n) is 10.4. The van der Waals surface area contributed by atoms with Crippen LogP contribution in [0.4, 0.5) is 19.0 Å². The van der Waals surface area contributed by atoms with E-state index in [1.807, 2.05) is 4.31 Å². The lowest BCUT2D eigenvalue weighted by Crippen LogP contribution is -2.42. The quantitative estimate of drug-likeness (QED) is 0.546. The van der Waals surface area contributed by atoms with Gasteiger partial charge in [-0.25, -0.2) is 4.79 Å². The molecule has 176 valence electrons. The predicted molar refractivity (Wildman–Crippen MR) is 121 cm³/mol. The van der Waals surface area contributed by atoms with E-state index in [2.05, 4.69) is 10.3 Å². The largest absolute Gasteiger partial charge is 0.598 e. The Bertz CT molecular complexity index is 1200. The van der Waals surface area contributed by atoms with Gasteiger partial charge in [0, 0.05) is 16.7 Å². The van der Waals surface area contributed by atoms with E-state index in [1.54, 1.807) is 31.2 Å². The minimum atomic E-state index is -4.56. The second-order valence-corrected chi connectivity index (χ2v) is 9.16. The summed E-state index contributed by atoms with van der Waals surface area (Å²) in [7, 11) is 0. The minimum Gasteiger partial charge on any atom is -0.598 e. The number of ether oxygens (including phenoxy) is 1. The van der Waals surface area contributed by atoms with Gasteiger partial charge in [-0.2, -0.15) is 18.2 Å². The van der Waals surface area contributed by atoms with Crippen LogP contribution < -0.4 is 11.0 Å². The van der Waals surface area contributed by atoms with Crippen LogP contribution in [0.1, 0.15) is 11.1 Å². The van der Waals surface area contributed by atoms with E-state index in [4.69, 9.17) is 4.74 Å². The van der Waals surface area contributed by atoms with Crippen LogP contribution in [0.5, 0.6) is 0 Å². The van der Waals surface area contributed by atoms with Crippen molar-refractivity contribution in [2.75, 3.05) is 43.9 Å². The maximum atomic E-state index is 13.4. The molecule has 0 aliphatic carbocycles. The summed E-state index contributed by atoms with van der Waals surface area (Å²) < 4.78 is 61.0. The third kappa shape index (κ3) is 5.16. The van der Waals surface area contributed by atoms with Gasteiger partial charge in [0.2, 0.25) is 0 Å². The van der Waals surface area contributed by atoms with Crippen molar-refractivity contribution in [2.24, 2.45) is 0 Å². The Balaban J connectivity index is 1.70. The predicted octanol–water partition coefficient (Wildman–Crippen LogP) is 3.12. The van der Waals surface area contributed by atoms with E-state index < -0.39 is 28.8 Å². The number of nitrogens with zero attached hydrogens (tertiary/aromatic N) is 3. The Hall–Kier alpha value is -2.60. The first-order chi connectivity index (χ1) is 15.8. The van der Waals surface area contributed by atoms with E-state index >= 15 is 0 Å². The number of halogens is 3. The number of rotatable bonds is 6. The highest BCUT2D eigenvalue weighted by molar-refractivity contribution is 7.89. The third-order valence-electron chi connectivity index (χ3n) is 5.40. The van der Waals surface area contributed by atoms with Crippen molar-refractivity contribution in [3.05, 3.63) is 64.1 Å². The number of morpholine rings is 1. The number of hydrogen-bond acceptors (Lipinski definition) is 6. The number of benzene rings is 2. The van der Waals surface area contributed by atoms with Gasteiger partial charge >= 0.3 is 11.9 Å². The minimum absolute atomic E-state index is 0.0935. The average Bonchev–Trinajstić information content (AvgIpc) is 2.79. The van der Waals surface area contributed by atoms with Gasteiger partial charge in [0.05, 0.1) is 49.6 Å². The molecule has 11 heteroatoms. The Labute approximate surface area is 191 Å². The maximum absolute atomic E-state index is 13.4. The number of hydrogen-bond donors (Lipinski definition) is 1. The van der Waals surface area contributed by atoms with E-state index in [0.29, 0.717) is 37.4 Å². The van der Waals surface area contributed by atoms with Crippen LogP contribution in [-0.4, -0.2) is 57.0 Å². The molecule has 0 radical (unpaired) electrons. The fraction of sp³-hybridized carbons (Fsp3) is 0.364. The zero-order chi connectivity index (χ0) is 23.6. The molecule has 1 fully saturated rings. The molecule has 1 N–H and O–H groups in total. The summed E-state index contributed by atoms with van der Waals surface area (Å²) in [5, 5.41) is 3.36. The molecule has 1 aliphatic heterocycles. The summed E-state index contributed by atoms with van der Waals surface area (Å²) in [4.78, 5) is 17.1. The Kier molecular flexibility index (Phi) is 6.94. The van der Waals surface area contributed by atoms with Crippen molar-refractivity contribution in [3.8, 4) is 5.69 Å². The first-order valence-corrected chi connectivity index (χ1v) is 11.7. The van der Waals surface area contributed by atoms with Crippen molar-refractivity contribution in [2.45, 2.75) is 13.1 Å². The Morgan fingerprint density at radius 1 is 1.18 bits per heavy atom. The number of nitrogens with one attached hydrogen (secondary N) is 1. The molecule has 2 heterocycles. The molecule has 4 rings (SSSR count). The number of para-hydroxylation sites is 1. The first kappa shape index (κ1) is 23.6. The second-order valence-electron chi connectivity index (χ2n) is 7.59. The highest BCUT2D eigenvalue weighted by atomic mass is 32.2. The van der Waals surface area contributed by atoms with Gasteiger partial charge in [0.25, 0.3) is 0 Å².